The molecule has 0 heterocycles. The highest BCUT2D eigenvalue weighted by molar-refractivity contribution is 6.56. The van der Waals surface area contributed by atoms with E-state index >= 15 is 0 Å². The summed E-state index contributed by atoms with van der Waals surface area (Å²) in [5, 5.41) is 0. The summed E-state index contributed by atoms with van der Waals surface area (Å²) in [7, 11) is 1.92. The molecule has 0 fully saturated rings. The highest BCUT2D eigenvalue weighted by Gasteiger charge is 1.75. The summed E-state index contributed by atoms with van der Waals surface area (Å²) in [5.74, 6) is -0.184. The quantitative estimate of drug-likeness (QED) is 0.321. The fraction of sp³-hybridized carbons (Fsp3) is 0. The Bertz CT molecular complexity index is 44.9. The van der Waals surface area contributed by atoms with E-state index in [2.05, 4.69) is 4.43 Å². The number of hydrogen-bond donors (Lipinski definition) is 0. The fourth-order valence-corrected chi connectivity index (χ4v) is 0. The van der Waals surface area contributed by atoms with Gasteiger partial charge in [-0.1, -0.05) is 0 Å². The van der Waals surface area contributed by atoms with Gasteiger partial charge in [0.1, 0.15) is 0 Å². The fourth-order valence-electron chi connectivity index (χ4n) is 0. The molecule has 0 saturated carbocycles. The Labute approximate surface area is 34.5 Å². The number of rotatable bonds is 0. The van der Waals surface area contributed by atoms with Crippen molar-refractivity contribution in [3.05, 3.63) is 0 Å². The van der Waals surface area contributed by atoms with E-state index in [1.165, 1.54) is 7.85 Å². The van der Waals surface area contributed by atoms with E-state index in [0.29, 0.717) is 10.5 Å². The zero-order chi connectivity index (χ0) is 4.28. The van der Waals surface area contributed by atoms with Crippen LogP contribution in [0.25, 0.3) is 0 Å². The van der Waals surface area contributed by atoms with Gasteiger partial charge in [0.2, 0.25) is 24.2 Å². The van der Waals surface area contributed by atoms with Crippen molar-refractivity contribution >= 4 is 24.2 Å². The lowest BCUT2D eigenvalue weighted by molar-refractivity contribution is 0.229. The molecule has 0 radical (unpaired) electrons. The van der Waals surface area contributed by atoms with E-state index in [0.717, 1.165) is 0 Å². The molecule has 2 nitrogen and oxygen atoms in total. The smallest absolute Gasteiger partial charge is 0.240 e. The second kappa shape index (κ2) is 2.02. The van der Waals surface area contributed by atoms with Crippen LogP contribution in [0, 0.1) is 0 Å². The molecular formula is CH5BO2Si. The molecule has 0 aliphatic carbocycles. The van der Waals surface area contributed by atoms with Gasteiger partial charge in [-0.2, -0.15) is 0 Å². The van der Waals surface area contributed by atoms with E-state index in [-0.39, 0.29) is 5.87 Å². The summed E-state index contributed by atoms with van der Waals surface area (Å²) >= 11 is 0. The first-order valence-corrected chi connectivity index (χ1v) is 2.13. The normalized spacial score (nSPS) is 7.20. The predicted molar refractivity (Wildman–Crippen MR) is 25.0 cm³/mol. The maximum absolute atomic E-state index is 9.62. The molecule has 0 aliphatic heterocycles. The average Bonchev–Trinajstić information content (AvgIpc) is 1.38. The number of carbonyl (C=O) groups excluding carboxylic acids is 1. The van der Waals surface area contributed by atoms with Crippen molar-refractivity contribution in [2.45, 2.75) is 0 Å². The van der Waals surface area contributed by atoms with E-state index in [1.54, 1.807) is 0 Å². The highest BCUT2D eigenvalue weighted by Crippen LogP contribution is 1.58. The Morgan fingerprint density at radius 1 is 2.00 bits per heavy atom. The second-order valence-corrected chi connectivity index (χ2v) is 1.10. The summed E-state index contributed by atoms with van der Waals surface area (Å²) < 4.78 is 4.25. The first kappa shape index (κ1) is 4.75. The summed E-state index contributed by atoms with van der Waals surface area (Å²) in [5.41, 5.74) is 0. The SMILES string of the molecule is BC(=O)O[SiH3]. The molecule has 0 bridgehead atoms. The van der Waals surface area contributed by atoms with Crippen molar-refractivity contribution in [3.63, 3.8) is 0 Å². The first-order valence-electron chi connectivity index (χ1n) is 1.32. The lowest BCUT2D eigenvalue weighted by atomic mass is 10.2. The van der Waals surface area contributed by atoms with Gasteiger partial charge >= 0.3 is 0 Å². The van der Waals surface area contributed by atoms with Crippen molar-refractivity contribution in [2.75, 3.05) is 0 Å². The molecule has 0 aromatic rings. The third-order valence-corrected chi connectivity index (χ3v) is 0.862. The van der Waals surface area contributed by atoms with Crippen LogP contribution in [0.3, 0.4) is 0 Å². The van der Waals surface area contributed by atoms with E-state index in [4.69, 9.17) is 0 Å². The molecule has 0 aromatic carbocycles. The average molecular weight is 87.9 g/mol. The molecule has 28 valence electrons. The van der Waals surface area contributed by atoms with Gasteiger partial charge in [-0.25, -0.2) is 0 Å². The van der Waals surface area contributed by atoms with Crippen LogP contribution < -0.4 is 0 Å². The Morgan fingerprint density at radius 3 is 2.20 bits per heavy atom. The van der Waals surface area contributed by atoms with E-state index in [9.17, 15) is 4.79 Å². The molecule has 0 aliphatic rings. The van der Waals surface area contributed by atoms with Crippen molar-refractivity contribution in [2.24, 2.45) is 0 Å². The van der Waals surface area contributed by atoms with Crippen LogP contribution in [-0.2, 0) is 4.43 Å². The lowest BCUT2D eigenvalue weighted by Gasteiger charge is -1.83. The third kappa shape index (κ3) is 3.75. The van der Waals surface area contributed by atoms with Gasteiger partial charge in [0.05, 0.1) is 0 Å². The summed E-state index contributed by atoms with van der Waals surface area (Å²) in [6.07, 6.45) is 0. The monoisotopic (exact) mass is 88.0 g/mol. The summed E-state index contributed by atoms with van der Waals surface area (Å²) in [6, 6.07) is 0. The zero-order valence-electron chi connectivity index (χ0n) is 3.32. The van der Waals surface area contributed by atoms with Crippen LogP contribution in [0.1, 0.15) is 0 Å². The molecule has 0 spiro atoms. The molecule has 5 heavy (non-hydrogen) atoms. The second-order valence-electron chi connectivity index (χ2n) is 0.696. The van der Waals surface area contributed by atoms with Gasteiger partial charge in [-0.15, -0.1) is 0 Å². The zero-order valence-corrected chi connectivity index (χ0v) is 5.32. The maximum Gasteiger partial charge on any atom is 0.240 e. The van der Waals surface area contributed by atoms with Gasteiger partial charge in [0, 0.05) is 0 Å². The van der Waals surface area contributed by atoms with Crippen molar-refractivity contribution in [3.8, 4) is 0 Å². The third-order valence-electron chi connectivity index (χ3n) is 0.287. The molecule has 0 atom stereocenters. The van der Waals surface area contributed by atoms with Gasteiger partial charge in [-0.3, -0.25) is 4.79 Å². The van der Waals surface area contributed by atoms with Crippen LogP contribution >= 0.6 is 0 Å². The van der Waals surface area contributed by atoms with Gasteiger partial charge in [-0.05, 0) is 0 Å². The molecular weight excluding hydrogens is 82.9 g/mol. The van der Waals surface area contributed by atoms with Crippen molar-refractivity contribution in [1.82, 2.24) is 0 Å². The van der Waals surface area contributed by atoms with Crippen molar-refractivity contribution in [1.29, 1.82) is 0 Å². The van der Waals surface area contributed by atoms with Gasteiger partial charge in [0.25, 0.3) is 0 Å². The Kier molecular flexibility index (Phi) is 1.92. The molecule has 0 aromatic heterocycles. The van der Waals surface area contributed by atoms with Crippen molar-refractivity contribution < 1.29 is 9.22 Å². The molecule has 0 unspecified atom stereocenters. The minimum atomic E-state index is -0.184. The lowest BCUT2D eigenvalue weighted by Crippen LogP contribution is -1.94. The Hall–Kier alpha value is -0.248. The largest absolute Gasteiger partial charge is 0.537 e. The molecule has 0 rings (SSSR count). The first-order chi connectivity index (χ1) is 2.27. The van der Waals surface area contributed by atoms with Gasteiger partial charge < -0.3 is 4.43 Å². The van der Waals surface area contributed by atoms with E-state index < -0.39 is 0 Å². The minimum absolute atomic E-state index is 0.184. The molecule has 0 saturated heterocycles. The standard InChI is InChI=1S/CH5BO2Si/c2-1(3)4-5/h2H2,5H3. The minimum Gasteiger partial charge on any atom is -0.537 e. The molecule has 4 heteroatoms. The van der Waals surface area contributed by atoms with Gasteiger partial charge in [0.15, 0.2) is 0 Å². The highest BCUT2D eigenvalue weighted by atomic mass is 28.2. The van der Waals surface area contributed by atoms with Crippen LogP contribution in [0.15, 0.2) is 0 Å². The Morgan fingerprint density at radius 2 is 2.20 bits per heavy atom. The molecule has 0 amide bonds. The summed E-state index contributed by atoms with van der Waals surface area (Å²) in [6.45, 7) is 0. The van der Waals surface area contributed by atoms with Crippen LogP contribution in [0.5, 0.6) is 0 Å². The predicted octanol–water partition coefficient (Wildman–Crippen LogP) is -1.96. The summed E-state index contributed by atoms with van der Waals surface area (Å²) in [4.78, 5) is 9.62. The van der Waals surface area contributed by atoms with E-state index in [1.807, 2.05) is 0 Å². The maximum atomic E-state index is 9.62. The van der Waals surface area contributed by atoms with Crippen LogP contribution in [0.4, 0.5) is 4.79 Å². The van der Waals surface area contributed by atoms with Crippen LogP contribution in [0.2, 0.25) is 0 Å². The number of hydrogen-bond acceptors (Lipinski definition) is 2. The molecule has 0 N–H and O–H groups in total. The Balaban J connectivity index is 2.85. The topological polar surface area (TPSA) is 26.3 Å². The van der Waals surface area contributed by atoms with Crippen LogP contribution in [-0.4, -0.2) is 24.2 Å². The number of carbonyl (C=O) groups is 1.